The first-order chi connectivity index (χ1) is 14.5. The first-order valence-electron chi connectivity index (χ1n) is 8.98. The van der Waals surface area contributed by atoms with E-state index in [2.05, 4.69) is 10.3 Å². The second-order valence-electron chi connectivity index (χ2n) is 6.31. The lowest BCUT2D eigenvalue weighted by Gasteiger charge is -2.12. The molecule has 0 saturated carbocycles. The number of benzene rings is 3. The van der Waals surface area contributed by atoms with Crippen LogP contribution in [-0.2, 0) is 4.57 Å². The van der Waals surface area contributed by atoms with Crippen LogP contribution in [-0.4, -0.2) is 6.21 Å². The van der Waals surface area contributed by atoms with Gasteiger partial charge in [0.15, 0.2) is 0 Å². The quantitative estimate of drug-likeness (QED) is 0.213. The van der Waals surface area contributed by atoms with Crippen molar-refractivity contribution in [2.75, 3.05) is 0 Å². The molecule has 0 aromatic heterocycles. The summed E-state index contributed by atoms with van der Waals surface area (Å²) in [5.74, 6) is 2.91. The maximum Gasteiger partial charge on any atom is 0.231 e. The third kappa shape index (κ3) is 6.62. The standard InChI is InChI=1S/C23H18Cl3N2OP/c24-21-13-11-18(12-14-21)15-27-28-30(29,16-22(25)19-7-3-1-4-8-19)17-23(26)20-9-5-2-6-10-20/h1-17H,(H,28,29). The Hall–Kier alpha value is -2.29. The summed E-state index contributed by atoms with van der Waals surface area (Å²) in [4.78, 5) is 0. The fraction of sp³-hybridized carbons (Fsp3) is 0. The number of nitrogens with zero attached hydrogens (tertiary/aromatic N) is 1. The molecular weight excluding hydrogens is 458 g/mol. The number of hydrazone groups is 1. The second-order valence-corrected chi connectivity index (χ2v) is 9.69. The Morgan fingerprint density at radius 1 is 0.767 bits per heavy atom. The Morgan fingerprint density at radius 3 is 1.70 bits per heavy atom. The minimum atomic E-state index is -3.37. The van der Waals surface area contributed by atoms with Gasteiger partial charge in [0.2, 0.25) is 7.29 Å². The molecule has 152 valence electrons. The van der Waals surface area contributed by atoms with Gasteiger partial charge < -0.3 is 0 Å². The van der Waals surface area contributed by atoms with Crippen molar-refractivity contribution in [1.29, 1.82) is 0 Å². The fourth-order valence-corrected chi connectivity index (χ4v) is 5.17. The van der Waals surface area contributed by atoms with Gasteiger partial charge in [0.05, 0.1) is 16.3 Å². The highest BCUT2D eigenvalue weighted by Gasteiger charge is 2.18. The normalized spacial score (nSPS) is 14.5. The molecule has 0 bridgehead atoms. The largest absolute Gasteiger partial charge is 0.290 e. The van der Waals surface area contributed by atoms with Crippen LogP contribution in [0.2, 0.25) is 5.02 Å². The molecule has 0 aliphatic rings. The van der Waals surface area contributed by atoms with Gasteiger partial charge in [-0.15, -0.1) is 0 Å². The lowest BCUT2D eigenvalue weighted by atomic mass is 10.2. The van der Waals surface area contributed by atoms with E-state index in [1.165, 1.54) is 11.6 Å². The van der Waals surface area contributed by atoms with E-state index >= 15 is 0 Å². The van der Waals surface area contributed by atoms with Gasteiger partial charge in [-0.1, -0.05) is 108 Å². The van der Waals surface area contributed by atoms with Crippen molar-refractivity contribution in [2.45, 2.75) is 0 Å². The molecule has 0 aliphatic heterocycles. The van der Waals surface area contributed by atoms with E-state index in [1.807, 2.05) is 60.7 Å². The minimum absolute atomic E-state index is 0.335. The zero-order valence-corrected chi connectivity index (χ0v) is 18.9. The predicted octanol–water partition coefficient (Wildman–Crippen LogP) is 8.02. The van der Waals surface area contributed by atoms with Crippen molar-refractivity contribution in [3.63, 3.8) is 0 Å². The molecule has 0 atom stereocenters. The van der Waals surface area contributed by atoms with Crippen molar-refractivity contribution < 1.29 is 4.57 Å². The van der Waals surface area contributed by atoms with Gasteiger partial charge in [0, 0.05) is 16.7 Å². The molecule has 3 rings (SSSR count). The Morgan fingerprint density at radius 2 is 1.23 bits per heavy atom. The molecule has 0 amide bonds. The van der Waals surface area contributed by atoms with Gasteiger partial charge in [0.1, 0.15) is 0 Å². The summed E-state index contributed by atoms with van der Waals surface area (Å²) in [6, 6.07) is 25.6. The van der Waals surface area contributed by atoms with Crippen LogP contribution < -0.4 is 5.20 Å². The monoisotopic (exact) mass is 474 g/mol. The lowest BCUT2D eigenvalue weighted by Crippen LogP contribution is -2.00. The molecule has 3 nitrogen and oxygen atoms in total. The van der Waals surface area contributed by atoms with Gasteiger partial charge in [-0.3, -0.25) is 9.76 Å². The van der Waals surface area contributed by atoms with E-state index in [0.717, 1.165) is 16.7 Å². The predicted molar refractivity (Wildman–Crippen MR) is 130 cm³/mol. The smallest absolute Gasteiger partial charge is 0.231 e. The van der Waals surface area contributed by atoms with Crippen molar-refractivity contribution in [3.05, 3.63) is 118 Å². The molecule has 0 heterocycles. The molecule has 30 heavy (non-hydrogen) atoms. The van der Waals surface area contributed by atoms with Crippen LogP contribution in [0.5, 0.6) is 0 Å². The van der Waals surface area contributed by atoms with E-state index in [0.29, 0.717) is 15.1 Å². The Bertz CT molecular complexity index is 1050. The minimum Gasteiger partial charge on any atom is -0.290 e. The molecule has 0 saturated heterocycles. The van der Waals surface area contributed by atoms with E-state index in [-0.39, 0.29) is 0 Å². The molecule has 0 radical (unpaired) electrons. The van der Waals surface area contributed by atoms with Crippen LogP contribution in [0, 0.1) is 0 Å². The average Bonchev–Trinajstić information content (AvgIpc) is 2.76. The average molecular weight is 476 g/mol. The van der Waals surface area contributed by atoms with Crippen LogP contribution in [0.15, 0.2) is 102 Å². The highest BCUT2D eigenvalue weighted by Crippen LogP contribution is 2.50. The highest BCUT2D eigenvalue weighted by atomic mass is 35.5. The van der Waals surface area contributed by atoms with E-state index in [4.69, 9.17) is 34.8 Å². The number of rotatable bonds is 7. The number of nitrogens with one attached hydrogen (secondary N) is 1. The van der Waals surface area contributed by atoms with Gasteiger partial charge in [-0.2, -0.15) is 5.10 Å². The third-order valence-corrected chi connectivity index (χ3v) is 6.93. The van der Waals surface area contributed by atoms with E-state index in [1.54, 1.807) is 30.5 Å². The molecule has 0 unspecified atom stereocenters. The first-order valence-corrected chi connectivity index (χ1v) is 12.0. The summed E-state index contributed by atoms with van der Waals surface area (Å²) in [5, 5.41) is 8.18. The topological polar surface area (TPSA) is 41.5 Å². The van der Waals surface area contributed by atoms with Crippen molar-refractivity contribution in [2.24, 2.45) is 5.10 Å². The summed E-state index contributed by atoms with van der Waals surface area (Å²) in [6.07, 6.45) is 1.55. The number of hydrogen-bond donors (Lipinski definition) is 1. The van der Waals surface area contributed by atoms with Crippen molar-refractivity contribution in [1.82, 2.24) is 5.20 Å². The molecular formula is C23H18Cl3N2OP. The fourth-order valence-electron chi connectivity index (χ4n) is 2.52. The molecule has 3 aromatic carbocycles. The van der Waals surface area contributed by atoms with Gasteiger partial charge in [-0.25, -0.2) is 0 Å². The summed E-state index contributed by atoms with van der Waals surface area (Å²) in [7, 11) is -3.37. The van der Waals surface area contributed by atoms with Crippen LogP contribution in [0.4, 0.5) is 0 Å². The summed E-state index contributed by atoms with van der Waals surface area (Å²) >= 11 is 18.8. The maximum absolute atomic E-state index is 13.7. The van der Waals surface area contributed by atoms with Crippen LogP contribution in [0.25, 0.3) is 10.1 Å². The molecule has 7 heteroatoms. The molecule has 3 aromatic rings. The number of hydrogen-bond acceptors (Lipinski definition) is 2. The van der Waals surface area contributed by atoms with Gasteiger partial charge in [0.25, 0.3) is 0 Å². The van der Waals surface area contributed by atoms with Crippen LogP contribution in [0.3, 0.4) is 0 Å². The summed E-state index contributed by atoms with van der Waals surface area (Å²) in [5.41, 5.74) is 2.29. The number of halogens is 3. The van der Waals surface area contributed by atoms with Crippen LogP contribution >= 0.6 is 42.1 Å². The molecule has 0 spiro atoms. The maximum atomic E-state index is 13.7. The van der Waals surface area contributed by atoms with Gasteiger partial charge in [-0.05, 0) is 28.8 Å². The molecule has 1 N–H and O–H groups in total. The SMILES string of the molecule is O=P(C=C(Cl)c1ccccc1)(C=C(Cl)c1ccccc1)NN=Cc1ccc(Cl)cc1. The molecule has 0 aliphatic carbocycles. The lowest BCUT2D eigenvalue weighted by molar-refractivity contribution is 0.579. The third-order valence-electron chi connectivity index (χ3n) is 4.01. The van der Waals surface area contributed by atoms with Crippen LogP contribution in [0.1, 0.15) is 16.7 Å². The van der Waals surface area contributed by atoms with Crippen molar-refractivity contribution in [3.8, 4) is 0 Å². The van der Waals surface area contributed by atoms with E-state index < -0.39 is 7.29 Å². The summed E-state index contributed by atoms with van der Waals surface area (Å²) < 4.78 is 13.7. The first kappa shape index (κ1) is 22.4. The van der Waals surface area contributed by atoms with Gasteiger partial charge >= 0.3 is 0 Å². The zero-order chi connectivity index (χ0) is 21.4. The van der Waals surface area contributed by atoms with E-state index in [9.17, 15) is 4.57 Å². The Balaban J connectivity index is 1.93. The second kappa shape index (κ2) is 10.7. The zero-order valence-electron chi connectivity index (χ0n) is 15.8. The Labute approximate surface area is 191 Å². The highest BCUT2D eigenvalue weighted by molar-refractivity contribution is 7.68. The Kier molecular flexibility index (Phi) is 7.95. The van der Waals surface area contributed by atoms with Crippen molar-refractivity contribution >= 4 is 58.4 Å². The summed E-state index contributed by atoms with van der Waals surface area (Å²) in [6.45, 7) is 0. The molecule has 0 fully saturated rings.